The first-order valence-electron chi connectivity index (χ1n) is 5.73. The number of nitrogens with one attached hydrogen (secondary N) is 2. The number of aryl methyl sites for hydroxylation is 1. The highest BCUT2D eigenvalue weighted by Gasteiger charge is 2.08. The Labute approximate surface area is 95.7 Å². The van der Waals surface area contributed by atoms with E-state index >= 15 is 0 Å². The van der Waals surface area contributed by atoms with Crippen molar-refractivity contribution in [2.24, 2.45) is 0 Å². The summed E-state index contributed by atoms with van der Waals surface area (Å²) in [5.41, 5.74) is 0.462. The van der Waals surface area contributed by atoms with E-state index in [9.17, 15) is 4.39 Å². The van der Waals surface area contributed by atoms with Gasteiger partial charge in [0.1, 0.15) is 6.33 Å². The molecule has 2 N–H and O–H groups in total. The number of anilines is 1. The zero-order chi connectivity index (χ0) is 11.8. The topological polar surface area (TPSA) is 49.8 Å². The van der Waals surface area contributed by atoms with Crippen molar-refractivity contribution in [3.63, 3.8) is 0 Å². The largest absolute Gasteiger partial charge is 0.367 e. The molecule has 0 bridgehead atoms. The molecule has 5 heteroatoms. The summed E-state index contributed by atoms with van der Waals surface area (Å²) < 4.78 is 13.6. The molecule has 1 aromatic rings. The van der Waals surface area contributed by atoms with Gasteiger partial charge in [-0.25, -0.2) is 14.4 Å². The van der Waals surface area contributed by atoms with Crippen LogP contribution in [0.5, 0.6) is 0 Å². The SMILES string of the molecule is CCNCCCNc1ncnc(CC)c1F. The minimum absolute atomic E-state index is 0.309. The Balaban J connectivity index is 2.41. The molecule has 90 valence electrons. The van der Waals surface area contributed by atoms with Crippen LogP contribution in [-0.2, 0) is 6.42 Å². The standard InChI is InChI=1S/C11H19FN4/c1-3-9-10(12)11(16-8-15-9)14-7-5-6-13-4-2/h8,13H,3-7H2,1-2H3,(H,14,15,16). The fraction of sp³-hybridized carbons (Fsp3) is 0.636. The molecule has 0 aliphatic rings. The highest BCUT2D eigenvalue weighted by molar-refractivity contribution is 5.37. The molecule has 0 aliphatic carbocycles. The predicted octanol–water partition coefficient (Wildman–Crippen LogP) is 1.59. The molecule has 0 aliphatic heterocycles. The van der Waals surface area contributed by atoms with Crippen LogP contribution in [0.3, 0.4) is 0 Å². The van der Waals surface area contributed by atoms with Crippen molar-refractivity contribution < 1.29 is 4.39 Å². The average Bonchev–Trinajstić information content (AvgIpc) is 2.31. The molecule has 4 nitrogen and oxygen atoms in total. The Bertz CT molecular complexity index is 317. The number of aromatic nitrogens is 2. The van der Waals surface area contributed by atoms with Crippen molar-refractivity contribution in [2.75, 3.05) is 25.0 Å². The average molecular weight is 226 g/mol. The lowest BCUT2D eigenvalue weighted by Crippen LogP contribution is -2.18. The maximum atomic E-state index is 13.6. The molecule has 0 radical (unpaired) electrons. The Morgan fingerprint density at radius 2 is 2.06 bits per heavy atom. The van der Waals surface area contributed by atoms with Gasteiger partial charge in [-0.3, -0.25) is 0 Å². The summed E-state index contributed by atoms with van der Waals surface area (Å²) in [7, 11) is 0. The van der Waals surface area contributed by atoms with Gasteiger partial charge in [0.05, 0.1) is 5.69 Å². The molecular formula is C11H19FN4. The van der Waals surface area contributed by atoms with Crippen molar-refractivity contribution in [3.05, 3.63) is 17.8 Å². The lowest BCUT2D eigenvalue weighted by molar-refractivity contribution is 0.595. The van der Waals surface area contributed by atoms with Crippen LogP contribution < -0.4 is 10.6 Å². The second-order valence-electron chi connectivity index (χ2n) is 3.47. The molecule has 16 heavy (non-hydrogen) atoms. The van der Waals surface area contributed by atoms with E-state index in [4.69, 9.17) is 0 Å². The van der Waals surface area contributed by atoms with Gasteiger partial charge in [-0.1, -0.05) is 13.8 Å². The highest BCUT2D eigenvalue weighted by atomic mass is 19.1. The second kappa shape index (κ2) is 7.11. The molecule has 0 unspecified atom stereocenters. The Kier molecular flexibility index (Phi) is 5.71. The molecule has 1 aromatic heterocycles. The summed E-state index contributed by atoms with van der Waals surface area (Å²) in [6.45, 7) is 6.54. The summed E-state index contributed by atoms with van der Waals surface area (Å²) >= 11 is 0. The van der Waals surface area contributed by atoms with E-state index < -0.39 is 0 Å². The van der Waals surface area contributed by atoms with E-state index in [0.717, 1.165) is 19.5 Å². The van der Waals surface area contributed by atoms with Gasteiger partial charge in [0.15, 0.2) is 11.6 Å². The van der Waals surface area contributed by atoms with E-state index in [1.165, 1.54) is 6.33 Å². The zero-order valence-electron chi connectivity index (χ0n) is 9.89. The van der Waals surface area contributed by atoms with Gasteiger partial charge in [-0.05, 0) is 25.9 Å². The van der Waals surface area contributed by atoms with Crippen LogP contribution in [-0.4, -0.2) is 29.6 Å². The zero-order valence-corrected chi connectivity index (χ0v) is 9.89. The molecular weight excluding hydrogens is 207 g/mol. The fourth-order valence-electron chi connectivity index (χ4n) is 1.37. The molecule has 0 fully saturated rings. The van der Waals surface area contributed by atoms with Gasteiger partial charge >= 0.3 is 0 Å². The van der Waals surface area contributed by atoms with Crippen LogP contribution in [0.15, 0.2) is 6.33 Å². The number of hydrogen-bond donors (Lipinski definition) is 2. The summed E-state index contributed by atoms with van der Waals surface area (Å²) in [4.78, 5) is 7.76. The number of halogens is 1. The van der Waals surface area contributed by atoms with Gasteiger partial charge in [-0.15, -0.1) is 0 Å². The summed E-state index contributed by atoms with van der Waals surface area (Å²) in [5, 5.41) is 6.19. The third-order valence-electron chi connectivity index (χ3n) is 2.27. The minimum atomic E-state index is -0.326. The number of nitrogens with zero attached hydrogens (tertiary/aromatic N) is 2. The normalized spacial score (nSPS) is 10.4. The Hall–Kier alpha value is -1.23. The van der Waals surface area contributed by atoms with Gasteiger partial charge in [-0.2, -0.15) is 0 Å². The third kappa shape index (κ3) is 3.73. The van der Waals surface area contributed by atoms with Gasteiger partial charge in [0.2, 0.25) is 0 Å². The van der Waals surface area contributed by atoms with Gasteiger partial charge in [0.25, 0.3) is 0 Å². The first kappa shape index (κ1) is 12.8. The van der Waals surface area contributed by atoms with Crippen molar-refractivity contribution in [2.45, 2.75) is 26.7 Å². The van der Waals surface area contributed by atoms with E-state index in [-0.39, 0.29) is 5.82 Å². The van der Waals surface area contributed by atoms with Crippen LogP contribution in [0.2, 0.25) is 0 Å². The molecule has 0 spiro atoms. The predicted molar refractivity (Wildman–Crippen MR) is 63.0 cm³/mol. The fourth-order valence-corrected chi connectivity index (χ4v) is 1.37. The third-order valence-corrected chi connectivity index (χ3v) is 2.27. The van der Waals surface area contributed by atoms with Crippen LogP contribution >= 0.6 is 0 Å². The smallest absolute Gasteiger partial charge is 0.186 e. The number of hydrogen-bond acceptors (Lipinski definition) is 4. The molecule has 1 rings (SSSR count). The monoisotopic (exact) mass is 226 g/mol. The lowest BCUT2D eigenvalue weighted by Gasteiger charge is -2.08. The first-order chi connectivity index (χ1) is 7.79. The molecule has 0 aromatic carbocycles. The molecule has 0 saturated carbocycles. The molecule has 0 atom stereocenters. The number of rotatable bonds is 7. The van der Waals surface area contributed by atoms with Crippen molar-refractivity contribution >= 4 is 5.82 Å². The summed E-state index contributed by atoms with van der Waals surface area (Å²) in [6.07, 6.45) is 2.92. The van der Waals surface area contributed by atoms with E-state index in [1.807, 2.05) is 6.92 Å². The van der Waals surface area contributed by atoms with Crippen molar-refractivity contribution in [3.8, 4) is 0 Å². The second-order valence-corrected chi connectivity index (χ2v) is 3.47. The van der Waals surface area contributed by atoms with Gasteiger partial charge in [0, 0.05) is 6.54 Å². The van der Waals surface area contributed by atoms with Crippen LogP contribution in [0.1, 0.15) is 26.0 Å². The van der Waals surface area contributed by atoms with E-state index in [1.54, 1.807) is 0 Å². The quantitative estimate of drug-likeness (QED) is 0.693. The van der Waals surface area contributed by atoms with Crippen LogP contribution in [0.4, 0.5) is 10.2 Å². The highest BCUT2D eigenvalue weighted by Crippen LogP contribution is 2.12. The lowest BCUT2D eigenvalue weighted by atomic mass is 10.3. The minimum Gasteiger partial charge on any atom is -0.367 e. The van der Waals surface area contributed by atoms with Crippen molar-refractivity contribution in [1.29, 1.82) is 0 Å². The van der Waals surface area contributed by atoms with Crippen LogP contribution in [0, 0.1) is 5.82 Å². The maximum absolute atomic E-state index is 13.6. The molecule has 0 amide bonds. The Morgan fingerprint density at radius 1 is 1.25 bits per heavy atom. The molecule has 1 heterocycles. The maximum Gasteiger partial charge on any atom is 0.186 e. The molecule has 0 saturated heterocycles. The van der Waals surface area contributed by atoms with Crippen LogP contribution in [0.25, 0.3) is 0 Å². The van der Waals surface area contributed by atoms with Crippen molar-refractivity contribution in [1.82, 2.24) is 15.3 Å². The summed E-state index contributed by atoms with van der Waals surface area (Å²) in [5.74, 6) is -0.0169. The summed E-state index contributed by atoms with van der Waals surface area (Å²) in [6, 6.07) is 0. The van der Waals surface area contributed by atoms with Gasteiger partial charge < -0.3 is 10.6 Å². The Morgan fingerprint density at radius 3 is 2.75 bits per heavy atom. The van der Waals surface area contributed by atoms with E-state index in [0.29, 0.717) is 24.5 Å². The first-order valence-corrected chi connectivity index (χ1v) is 5.73. The van der Waals surface area contributed by atoms with E-state index in [2.05, 4.69) is 27.5 Å².